The molecule has 34 heavy (non-hydrogen) atoms. The van der Waals surface area contributed by atoms with Gasteiger partial charge in [-0.3, -0.25) is 0 Å². The van der Waals surface area contributed by atoms with Crippen LogP contribution in [-0.4, -0.2) is 7.11 Å². The van der Waals surface area contributed by atoms with Gasteiger partial charge in [0.25, 0.3) is 0 Å². The van der Waals surface area contributed by atoms with Gasteiger partial charge in [0.05, 0.1) is 7.11 Å². The first-order valence-electron chi connectivity index (χ1n) is 11.6. The summed E-state index contributed by atoms with van der Waals surface area (Å²) < 4.78 is 24.5. The molecule has 3 aromatic carbocycles. The Labute approximate surface area is 206 Å². The van der Waals surface area contributed by atoms with Gasteiger partial charge in [0.15, 0.2) is 0 Å². The highest BCUT2D eigenvalue weighted by molar-refractivity contribution is 7.43. The van der Waals surface area contributed by atoms with Crippen molar-refractivity contribution >= 4 is 8.60 Å². The van der Waals surface area contributed by atoms with E-state index in [1.807, 2.05) is 36.4 Å². The van der Waals surface area contributed by atoms with Gasteiger partial charge < -0.3 is 18.3 Å². The van der Waals surface area contributed by atoms with Crippen molar-refractivity contribution in [3.05, 3.63) is 82.9 Å². The van der Waals surface area contributed by atoms with Crippen molar-refractivity contribution in [1.82, 2.24) is 0 Å². The summed E-state index contributed by atoms with van der Waals surface area (Å²) in [6.07, 6.45) is 0. The number of methoxy groups -OCH3 is 1. The highest BCUT2D eigenvalue weighted by Gasteiger charge is 2.28. The Balaban J connectivity index is 2.01. The molecule has 0 N–H and O–H groups in total. The fraction of sp³-hybridized carbons (Fsp3) is 0.379. The van der Waals surface area contributed by atoms with Gasteiger partial charge in [-0.15, -0.1) is 0 Å². The zero-order chi connectivity index (χ0) is 25.1. The summed E-state index contributed by atoms with van der Waals surface area (Å²) in [6, 6.07) is 19.9. The smallest absolute Gasteiger partial charge is 0.497 e. The summed E-state index contributed by atoms with van der Waals surface area (Å²) in [5, 5.41) is 0. The second-order valence-electron chi connectivity index (χ2n) is 10.7. The van der Waals surface area contributed by atoms with E-state index >= 15 is 0 Å². The van der Waals surface area contributed by atoms with Crippen LogP contribution in [0.25, 0.3) is 0 Å². The Morgan fingerprint density at radius 3 is 1.35 bits per heavy atom. The molecule has 3 aromatic rings. The summed E-state index contributed by atoms with van der Waals surface area (Å²) in [4.78, 5) is 0. The fourth-order valence-corrected chi connectivity index (χ4v) is 4.60. The Bertz CT molecular complexity index is 1040. The molecule has 0 bridgehead atoms. The lowest BCUT2D eigenvalue weighted by atomic mass is 9.85. The second kappa shape index (κ2) is 10.3. The van der Waals surface area contributed by atoms with Crippen LogP contribution in [-0.2, 0) is 10.8 Å². The minimum Gasteiger partial charge on any atom is -0.497 e. The topological polar surface area (TPSA) is 36.9 Å². The molecule has 3 rings (SSSR count). The van der Waals surface area contributed by atoms with E-state index in [0.717, 1.165) is 28.4 Å². The van der Waals surface area contributed by atoms with Crippen LogP contribution in [0.5, 0.6) is 23.0 Å². The predicted octanol–water partition coefficient (Wildman–Crippen LogP) is 8.67. The zero-order valence-electron chi connectivity index (χ0n) is 21.9. The van der Waals surface area contributed by atoms with Crippen LogP contribution >= 0.6 is 8.60 Å². The number of ether oxygens (including phenoxy) is 1. The molecule has 0 saturated carbocycles. The maximum atomic E-state index is 6.48. The molecule has 0 radical (unpaired) electrons. The zero-order valence-corrected chi connectivity index (χ0v) is 22.7. The summed E-state index contributed by atoms with van der Waals surface area (Å²) in [7, 11) is -0.146. The molecule has 0 unspecified atom stereocenters. The lowest BCUT2D eigenvalue weighted by Crippen LogP contribution is -2.15. The van der Waals surface area contributed by atoms with E-state index < -0.39 is 8.60 Å². The lowest BCUT2D eigenvalue weighted by molar-refractivity contribution is 0.376. The second-order valence-corrected chi connectivity index (χ2v) is 11.7. The molecule has 0 heterocycles. The lowest BCUT2D eigenvalue weighted by Gasteiger charge is -2.27. The third-order valence-electron chi connectivity index (χ3n) is 5.47. The van der Waals surface area contributed by atoms with Gasteiger partial charge in [-0.05, 0) is 61.1 Å². The maximum absolute atomic E-state index is 6.48. The van der Waals surface area contributed by atoms with Crippen molar-refractivity contribution in [1.29, 1.82) is 0 Å². The molecule has 0 atom stereocenters. The van der Waals surface area contributed by atoms with Crippen LogP contribution < -0.4 is 18.3 Å². The highest BCUT2D eigenvalue weighted by Crippen LogP contribution is 2.47. The van der Waals surface area contributed by atoms with E-state index in [4.69, 9.17) is 18.3 Å². The van der Waals surface area contributed by atoms with Gasteiger partial charge in [0.1, 0.15) is 23.0 Å². The maximum Gasteiger partial charge on any atom is 0.530 e. The third kappa shape index (κ3) is 6.67. The summed E-state index contributed by atoms with van der Waals surface area (Å²) >= 11 is 0. The predicted molar refractivity (Wildman–Crippen MR) is 142 cm³/mol. The van der Waals surface area contributed by atoms with Crippen LogP contribution in [0.3, 0.4) is 0 Å². The van der Waals surface area contributed by atoms with Gasteiger partial charge in [-0.1, -0.05) is 76.9 Å². The molecule has 0 aliphatic heterocycles. The summed E-state index contributed by atoms with van der Waals surface area (Å²) in [5.74, 6) is 2.95. The van der Waals surface area contributed by atoms with E-state index in [1.165, 1.54) is 11.1 Å². The van der Waals surface area contributed by atoms with Gasteiger partial charge in [0, 0.05) is 11.1 Å². The summed E-state index contributed by atoms with van der Waals surface area (Å²) in [5.41, 5.74) is 4.41. The standard InChI is InChI=1S/C29H37O4P/c1-20-10-16-26(24(18-20)28(3,4)5)32-34(31-23-14-12-22(30-9)13-15-23)33-27-17-11-21(2)19-25(27)29(6,7)8/h10-19H,1-9H3. The van der Waals surface area contributed by atoms with Crippen LogP contribution in [0.4, 0.5) is 0 Å². The minimum absolute atomic E-state index is 0.0943. The molecular formula is C29H37O4P. The first kappa shape index (κ1) is 25.9. The van der Waals surface area contributed by atoms with Crippen molar-refractivity contribution in [2.45, 2.75) is 66.2 Å². The van der Waals surface area contributed by atoms with Gasteiger partial charge in [-0.25, -0.2) is 0 Å². The van der Waals surface area contributed by atoms with Crippen molar-refractivity contribution in [2.24, 2.45) is 0 Å². The van der Waals surface area contributed by atoms with Crippen LogP contribution in [0.2, 0.25) is 0 Å². The fourth-order valence-electron chi connectivity index (χ4n) is 3.56. The molecule has 182 valence electrons. The third-order valence-corrected chi connectivity index (χ3v) is 6.52. The van der Waals surface area contributed by atoms with Crippen molar-refractivity contribution < 1.29 is 18.3 Å². The van der Waals surface area contributed by atoms with Crippen molar-refractivity contribution in [3.63, 3.8) is 0 Å². The molecule has 0 aliphatic rings. The summed E-state index contributed by atoms with van der Waals surface area (Å²) in [6.45, 7) is 17.3. The Morgan fingerprint density at radius 2 is 0.971 bits per heavy atom. The van der Waals surface area contributed by atoms with Crippen LogP contribution in [0.1, 0.15) is 63.8 Å². The van der Waals surface area contributed by atoms with E-state index in [9.17, 15) is 0 Å². The highest BCUT2D eigenvalue weighted by atomic mass is 31.2. The molecule has 0 saturated heterocycles. The largest absolute Gasteiger partial charge is 0.530 e. The van der Waals surface area contributed by atoms with Crippen LogP contribution in [0.15, 0.2) is 60.7 Å². The molecule has 0 aromatic heterocycles. The number of hydrogen-bond donors (Lipinski definition) is 0. The average Bonchev–Trinajstić information content (AvgIpc) is 2.75. The Kier molecular flexibility index (Phi) is 7.83. The van der Waals surface area contributed by atoms with Crippen molar-refractivity contribution in [3.8, 4) is 23.0 Å². The molecule has 0 fully saturated rings. The first-order chi connectivity index (χ1) is 15.9. The van der Waals surface area contributed by atoms with Gasteiger partial charge in [-0.2, -0.15) is 0 Å². The van der Waals surface area contributed by atoms with Crippen LogP contribution in [0, 0.1) is 13.8 Å². The molecule has 0 amide bonds. The number of aryl methyl sites for hydroxylation is 2. The minimum atomic E-state index is -1.79. The molecular weight excluding hydrogens is 443 g/mol. The van der Waals surface area contributed by atoms with E-state index in [-0.39, 0.29) is 10.8 Å². The molecule has 0 spiro atoms. The van der Waals surface area contributed by atoms with E-state index in [2.05, 4.69) is 79.7 Å². The number of rotatable bonds is 7. The number of hydrogen-bond acceptors (Lipinski definition) is 4. The Hall–Kier alpha value is -2.71. The Morgan fingerprint density at radius 1 is 0.559 bits per heavy atom. The van der Waals surface area contributed by atoms with Gasteiger partial charge >= 0.3 is 8.60 Å². The van der Waals surface area contributed by atoms with E-state index in [0.29, 0.717) is 5.75 Å². The monoisotopic (exact) mass is 480 g/mol. The van der Waals surface area contributed by atoms with Gasteiger partial charge in [0.2, 0.25) is 0 Å². The first-order valence-corrected chi connectivity index (χ1v) is 12.7. The normalized spacial score (nSPS) is 11.9. The van der Waals surface area contributed by atoms with E-state index in [1.54, 1.807) is 7.11 Å². The number of benzene rings is 3. The SMILES string of the molecule is COc1ccc(OP(Oc2ccc(C)cc2C(C)(C)C)Oc2ccc(C)cc2C(C)(C)C)cc1. The molecule has 0 aliphatic carbocycles. The molecule has 5 heteroatoms. The molecule has 4 nitrogen and oxygen atoms in total. The quantitative estimate of drug-likeness (QED) is 0.317. The van der Waals surface area contributed by atoms with Crippen molar-refractivity contribution in [2.75, 3.05) is 7.11 Å². The average molecular weight is 481 g/mol.